The van der Waals surface area contributed by atoms with E-state index in [9.17, 15) is 24.6 Å². The van der Waals surface area contributed by atoms with E-state index in [-0.39, 0.29) is 39.7 Å². The molecule has 0 aliphatic heterocycles. The second-order valence-corrected chi connectivity index (χ2v) is 8.67. The molecule has 1 saturated carbocycles. The zero-order valence-electron chi connectivity index (χ0n) is 15.3. The van der Waals surface area contributed by atoms with Gasteiger partial charge in [-0.05, 0) is 36.5 Å². The van der Waals surface area contributed by atoms with E-state index < -0.39 is 23.1 Å². The zero-order chi connectivity index (χ0) is 18.7. The van der Waals surface area contributed by atoms with Crippen LogP contribution in [0.1, 0.15) is 53.4 Å². The molecule has 5 nitrogen and oxygen atoms in total. The van der Waals surface area contributed by atoms with Gasteiger partial charge in [-0.15, -0.1) is 0 Å². The van der Waals surface area contributed by atoms with Crippen LogP contribution in [0.5, 0.6) is 0 Å². The molecule has 0 saturated heterocycles. The van der Waals surface area contributed by atoms with Gasteiger partial charge in [-0.3, -0.25) is 9.59 Å². The van der Waals surface area contributed by atoms with Crippen LogP contribution in [-0.4, -0.2) is 34.2 Å². The highest BCUT2D eigenvalue weighted by molar-refractivity contribution is 6.51. The Labute approximate surface area is 147 Å². The molecule has 3 aliphatic rings. The minimum Gasteiger partial charge on any atom is -0.507 e. The molecule has 0 amide bonds. The Morgan fingerprint density at radius 2 is 1.80 bits per heavy atom. The average molecular weight is 346 g/mol. The van der Waals surface area contributed by atoms with E-state index in [2.05, 4.69) is 0 Å². The van der Waals surface area contributed by atoms with Gasteiger partial charge in [0.05, 0.1) is 11.5 Å². The van der Waals surface area contributed by atoms with Gasteiger partial charge in [0.15, 0.2) is 0 Å². The third kappa shape index (κ3) is 2.28. The number of hydrogen-bond donors (Lipinski definition) is 2. The number of hydrogen-bond acceptors (Lipinski definition) is 5. The highest BCUT2D eigenvalue weighted by atomic mass is 16.3. The highest BCUT2D eigenvalue weighted by Crippen LogP contribution is 2.60. The van der Waals surface area contributed by atoms with Crippen molar-refractivity contribution in [3.63, 3.8) is 0 Å². The highest BCUT2D eigenvalue weighted by Gasteiger charge is 2.59. The summed E-state index contributed by atoms with van der Waals surface area (Å²) in [6.07, 6.45) is 2.18. The summed E-state index contributed by atoms with van der Waals surface area (Å²) in [7, 11) is 0. The van der Waals surface area contributed by atoms with Crippen LogP contribution in [0.2, 0.25) is 0 Å². The standard InChI is InChI=1S/C20H26O5/c1-10(2)13-16(23)14-11(22)8-12-19(3,4)6-5-7-20(12,9-21)15(14)18(25)17(13)24/h9-12,22-23H,5-8H2,1-4H3/t11-,12?,20+/m0/s1. The summed E-state index contributed by atoms with van der Waals surface area (Å²) in [4.78, 5) is 37.9. The summed E-state index contributed by atoms with van der Waals surface area (Å²) in [6, 6.07) is 0. The Morgan fingerprint density at radius 3 is 2.36 bits per heavy atom. The number of Topliss-reactive ketones (excluding diaryl/α,β-unsaturated/α-hetero) is 2. The van der Waals surface area contributed by atoms with E-state index in [0.29, 0.717) is 12.8 Å². The molecule has 25 heavy (non-hydrogen) atoms. The van der Waals surface area contributed by atoms with Gasteiger partial charge >= 0.3 is 0 Å². The molecule has 0 aromatic carbocycles. The van der Waals surface area contributed by atoms with Crippen molar-refractivity contribution in [2.24, 2.45) is 22.7 Å². The largest absolute Gasteiger partial charge is 0.507 e. The van der Waals surface area contributed by atoms with E-state index in [1.807, 2.05) is 13.8 Å². The predicted molar refractivity (Wildman–Crippen MR) is 91.8 cm³/mol. The van der Waals surface area contributed by atoms with Gasteiger partial charge in [0.2, 0.25) is 11.6 Å². The number of fused-ring (bicyclic) bond motifs is 2. The van der Waals surface area contributed by atoms with Gasteiger partial charge in [0.1, 0.15) is 12.0 Å². The maximum Gasteiger partial charge on any atom is 0.233 e. The normalized spacial score (nSPS) is 35.0. The molecule has 2 N–H and O–H groups in total. The third-order valence-corrected chi connectivity index (χ3v) is 6.48. The second-order valence-electron chi connectivity index (χ2n) is 8.67. The monoisotopic (exact) mass is 346 g/mol. The predicted octanol–water partition coefficient (Wildman–Crippen LogP) is 2.68. The van der Waals surface area contributed by atoms with Gasteiger partial charge in [-0.2, -0.15) is 0 Å². The fraction of sp³-hybridized carbons (Fsp3) is 0.650. The van der Waals surface area contributed by atoms with Crippen LogP contribution in [-0.2, 0) is 14.4 Å². The SMILES string of the molecule is CC(C)C1=C(O)C2=C(C(=O)C1=O)[C@@]1(C=O)CCCC(C)(C)C1C[C@@H]2O. The first-order chi connectivity index (χ1) is 11.6. The minimum atomic E-state index is -1.10. The van der Waals surface area contributed by atoms with Crippen LogP contribution in [0.15, 0.2) is 22.5 Å². The lowest BCUT2D eigenvalue weighted by Gasteiger charge is -2.54. The van der Waals surface area contributed by atoms with Gasteiger partial charge in [0, 0.05) is 16.7 Å². The number of carbonyl (C=O) groups is 3. The van der Waals surface area contributed by atoms with E-state index >= 15 is 0 Å². The number of allylic oxidation sites excluding steroid dienone is 2. The number of aliphatic hydroxyl groups excluding tert-OH is 2. The molecule has 0 radical (unpaired) electrons. The number of rotatable bonds is 2. The third-order valence-electron chi connectivity index (χ3n) is 6.48. The molecule has 0 aromatic rings. The number of carbonyl (C=O) groups excluding carboxylic acids is 3. The van der Waals surface area contributed by atoms with Crippen LogP contribution in [0.25, 0.3) is 0 Å². The first-order valence-electron chi connectivity index (χ1n) is 9.00. The summed E-state index contributed by atoms with van der Waals surface area (Å²) in [5.74, 6) is -2.35. The quantitative estimate of drug-likeness (QED) is 0.456. The van der Waals surface area contributed by atoms with Crippen LogP contribution in [0.4, 0.5) is 0 Å². The molecule has 5 heteroatoms. The molecule has 136 valence electrons. The summed E-state index contributed by atoms with van der Waals surface area (Å²) in [5.41, 5.74) is -1.14. The van der Waals surface area contributed by atoms with Crippen LogP contribution in [0.3, 0.4) is 0 Å². The Bertz CT molecular complexity index is 724. The van der Waals surface area contributed by atoms with Gasteiger partial charge < -0.3 is 15.0 Å². The van der Waals surface area contributed by atoms with Crippen LogP contribution < -0.4 is 0 Å². The van der Waals surface area contributed by atoms with Crippen molar-refractivity contribution >= 4 is 17.9 Å². The topological polar surface area (TPSA) is 91.7 Å². The van der Waals surface area contributed by atoms with E-state index in [1.54, 1.807) is 13.8 Å². The van der Waals surface area contributed by atoms with Crippen molar-refractivity contribution < 1.29 is 24.6 Å². The minimum absolute atomic E-state index is 0.0392. The van der Waals surface area contributed by atoms with E-state index in [0.717, 1.165) is 19.1 Å². The lowest BCUT2D eigenvalue weighted by atomic mass is 9.48. The Balaban J connectivity index is 2.33. The fourth-order valence-electron chi connectivity index (χ4n) is 5.30. The molecule has 0 spiro atoms. The van der Waals surface area contributed by atoms with Crippen molar-refractivity contribution in [3.05, 3.63) is 22.5 Å². The first-order valence-corrected chi connectivity index (χ1v) is 9.00. The van der Waals surface area contributed by atoms with E-state index in [4.69, 9.17) is 0 Å². The summed E-state index contributed by atoms with van der Waals surface area (Å²) >= 11 is 0. The van der Waals surface area contributed by atoms with Crippen molar-refractivity contribution in [2.45, 2.75) is 59.5 Å². The molecule has 3 aliphatic carbocycles. The van der Waals surface area contributed by atoms with Crippen LogP contribution >= 0.6 is 0 Å². The number of aliphatic hydroxyl groups is 2. The van der Waals surface area contributed by atoms with Crippen molar-refractivity contribution in [3.8, 4) is 0 Å². The summed E-state index contributed by atoms with van der Waals surface area (Å²) in [5, 5.41) is 21.4. The van der Waals surface area contributed by atoms with Crippen molar-refractivity contribution in [1.82, 2.24) is 0 Å². The molecule has 0 bridgehead atoms. The number of aldehydes is 1. The molecule has 3 atom stereocenters. The first kappa shape index (κ1) is 18.1. The van der Waals surface area contributed by atoms with Crippen LogP contribution in [0, 0.1) is 22.7 Å². The molecule has 0 aromatic heterocycles. The molecule has 0 heterocycles. The Kier molecular flexibility index (Phi) is 4.06. The molecule has 3 rings (SSSR count). The van der Waals surface area contributed by atoms with Gasteiger partial charge in [-0.1, -0.05) is 34.1 Å². The molecule has 1 fully saturated rings. The van der Waals surface area contributed by atoms with E-state index in [1.165, 1.54) is 0 Å². The molecule has 1 unspecified atom stereocenters. The van der Waals surface area contributed by atoms with Gasteiger partial charge in [0.25, 0.3) is 0 Å². The van der Waals surface area contributed by atoms with Gasteiger partial charge in [-0.25, -0.2) is 0 Å². The maximum absolute atomic E-state index is 13.0. The molecular weight excluding hydrogens is 320 g/mol. The number of ketones is 2. The lowest BCUT2D eigenvalue weighted by Crippen LogP contribution is -2.54. The summed E-state index contributed by atoms with van der Waals surface area (Å²) < 4.78 is 0. The molecular formula is C20H26O5. The zero-order valence-corrected chi connectivity index (χ0v) is 15.3. The fourth-order valence-corrected chi connectivity index (χ4v) is 5.30. The second kappa shape index (κ2) is 5.63. The summed E-state index contributed by atoms with van der Waals surface area (Å²) in [6.45, 7) is 7.52. The maximum atomic E-state index is 13.0. The Hall–Kier alpha value is -1.75. The lowest BCUT2D eigenvalue weighted by molar-refractivity contribution is -0.138. The Morgan fingerprint density at radius 1 is 1.16 bits per heavy atom. The average Bonchev–Trinajstić information content (AvgIpc) is 2.52. The van der Waals surface area contributed by atoms with Crippen molar-refractivity contribution in [2.75, 3.05) is 0 Å². The van der Waals surface area contributed by atoms with Crippen molar-refractivity contribution in [1.29, 1.82) is 0 Å². The smallest absolute Gasteiger partial charge is 0.233 e.